The van der Waals surface area contributed by atoms with Crippen molar-refractivity contribution >= 4 is 17.5 Å². The van der Waals surface area contributed by atoms with E-state index >= 15 is 0 Å². The molecule has 1 amide bonds. The Bertz CT molecular complexity index is 542. The van der Waals surface area contributed by atoms with Crippen LogP contribution in [-0.2, 0) is 10.2 Å². The van der Waals surface area contributed by atoms with Gasteiger partial charge in [0.05, 0.1) is 5.92 Å². The fraction of sp³-hybridized carbons (Fsp3) is 0.588. The lowest BCUT2D eigenvalue weighted by Gasteiger charge is -2.39. The van der Waals surface area contributed by atoms with Gasteiger partial charge in [-0.3, -0.25) is 4.79 Å². The first-order valence-electron chi connectivity index (χ1n) is 7.52. The highest BCUT2D eigenvalue weighted by Gasteiger charge is 2.44. The number of hydrogen-bond donors (Lipinski definition) is 1. The van der Waals surface area contributed by atoms with Gasteiger partial charge in [0.2, 0.25) is 5.91 Å². The lowest BCUT2D eigenvalue weighted by molar-refractivity contribution is -0.125. The number of benzene rings is 1. The van der Waals surface area contributed by atoms with E-state index < -0.39 is 5.41 Å². The summed E-state index contributed by atoms with van der Waals surface area (Å²) in [5, 5.41) is 0.745. The normalized spacial score (nSPS) is 21.5. The van der Waals surface area contributed by atoms with E-state index in [1.54, 1.807) is 0 Å². The quantitative estimate of drug-likeness (QED) is 0.929. The number of amides is 1. The molecule has 4 heteroatoms. The molecule has 0 aliphatic carbocycles. The van der Waals surface area contributed by atoms with Crippen molar-refractivity contribution in [1.82, 2.24) is 4.90 Å². The number of hydrogen-bond acceptors (Lipinski definition) is 2. The topological polar surface area (TPSA) is 46.3 Å². The van der Waals surface area contributed by atoms with E-state index in [0.29, 0.717) is 0 Å². The summed E-state index contributed by atoms with van der Waals surface area (Å²) in [6.45, 7) is 7.17. The monoisotopic (exact) mass is 308 g/mol. The average molecular weight is 309 g/mol. The third kappa shape index (κ3) is 2.95. The van der Waals surface area contributed by atoms with Crippen LogP contribution in [0.3, 0.4) is 0 Å². The van der Waals surface area contributed by atoms with Crippen LogP contribution in [0.1, 0.15) is 37.8 Å². The predicted molar refractivity (Wildman–Crippen MR) is 87.6 cm³/mol. The summed E-state index contributed by atoms with van der Waals surface area (Å²) < 4.78 is 0. The van der Waals surface area contributed by atoms with Crippen molar-refractivity contribution in [1.29, 1.82) is 0 Å². The maximum absolute atomic E-state index is 12.2. The van der Waals surface area contributed by atoms with E-state index in [2.05, 4.69) is 25.8 Å². The Morgan fingerprint density at radius 2 is 2.14 bits per heavy atom. The maximum atomic E-state index is 12.2. The van der Waals surface area contributed by atoms with Gasteiger partial charge in [-0.05, 0) is 44.5 Å². The lowest BCUT2D eigenvalue weighted by Crippen LogP contribution is -2.50. The zero-order valence-electron chi connectivity index (χ0n) is 13.3. The molecular formula is C17H25ClN2O. The standard InChI is InChI=1S/C17H25ClN2O/c1-11-7-5-8-12(15(11)18)17(2,3)14(16(19)21)13-9-6-10-20(13)4/h5,7-8,13-14H,6,9-10H2,1-4H3,(H2,19,21). The first kappa shape index (κ1) is 16.3. The fourth-order valence-corrected chi connectivity index (χ4v) is 4.07. The van der Waals surface area contributed by atoms with Gasteiger partial charge < -0.3 is 10.6 Å². The van der Waals surface area contributed by atoms with Gasteiger partial charge in [0.1, 0.15) is 0 Å². The van der Waals surface area contributed by atoms with Crippen LogP contribution >= 0.6 is 11.6 Å². The van der Waals surface area contributed by atoms with Crippen molar-refractivity contribution in [2.24, 2.45) is 11.7 Å². The molecule has 1 aliphatic rings. The predicted octanol–water partition coefficient (Wildman–Crippen LogP) is 3.12. The number of rotatable bonds is 4. The minimum Gasteiger partial charge on any atom is -0.369 e. The molecule has 2 N–H and O–H groups in total. The molecule has 116 valence electrons. The summed E-state index contributed by atoms with van der Waals surface area (Å²) in [4.78, 5) is 14.5. The van der Waals surface area contributed by atoms with Crippen molar-refractivity contribution in [3.05, 3.63) is 34.3 Å². The van der Waals surface area contributed by atoms with Gasteiger partial charge in [0.15, 0.2) is 0 Å². The molecule has 1 fully saturated rings. The van der Waals surface area contributed by atoms with Crippen LogP contribution in [0.5, 0.6) is 0 Å². The number of carbonyl (C=O) groups excluding carboxylic acids is 1. The van der Waals surface area contributed by atoms with Crippen molar-refractivity contribution in [2.75, 3.05) is 13.6 Å². The first-order valence-corrected chi connectivity index (χ1v) is 7.89. The number of aryl methyl sites for hydroxylation is 1. The molecule has 1 aromatic rings. The van der Waals surface area contributed by atoms with Gasteiger partial charge >= 0.3 is 0 Å². The Hall–Kier alpha value is -1.06. The summed E-state index contributed by atoms with van der Waals surface area (Å²) in [7, 11) is 2.07. The van der Waals surface area contributed by atoms with Crippen molar-refractivity contribution in [3.8, 4) is 0 Å². The van der Waals surface area contributed by atoms with Gasteiger partial charge in [-0.1, -0.05) is 43.6 Å². The molecule has 0 bridgehead atoms. The highest BCUT2D eigenvalue weighted by molar-refractivity contribution is 6.32. The molecule has 2 rings (SSSR count). The Morgan fingerprint density at radius 1 is 1.48 bits per heavy atom. The molecule has 2 unspecified atom stereocenters. The van der Waals surface area contributed by atoms with E-state index in [1.165, 1.54) is 0 Å². The summed E-state index contributed by atoms with van der Waals surface area (Å²) in [6.07, 6.45) is 2.12. The first-order chi connectivity index (χ1) is 9.76. The number of nitrogens with zero attached hydrogens (tertiary/aromatic N) is 1. The Kier molecular flexibility index (Phi) is 4.64. The highest BCUT2D eigenvalue weighted by Crippen LogP contribution is 2.41. The molecule has 0 radical (unpaired) electrons. The van der Waals surface area contributed by atoms with Gasteiger partial charge in [-0.15, -0.1) is 0 Å². The minimum atomic E-state index is -0.391. The van der Waals surface area contributed by atoms with E-state index in [9.17, 15) is 4.79 Å². The third-order valence-electron chi connectivity index (χ3n) is 4.93. The summed E-state index contributed by atoms with van der Waals surface area (Å²) in [6, 6.07) is 6.19. The molecule has 1 aromatic carbocycles. The maximum Gasteiger partial charge on any atom is 0.222 e. The average Bonchev–Trinajstić information content (AvgIpc) is 2.78. The van der Waals surface area contributed by atoms with Crippen LogP contribution in [0.2, 0.25) is 5.02 Å². The molecule has 0 spiro atoms. The molecular weight excluding hydrogens is 284 g/mol. The molecule has 1 heterocycles. The SMILES string of the molecule is Cc1cccc(C(C)(C)C(C(N)=O)C2CCCN2C)c1Cl. The van der Waals surface area contributed by atoms with Crippen LogP contribution in [0.25, 0.3) is 0 Å². The van der Waals surface area contributed by atoms with Crippen molar-refractivity contribution in [2.45, 2.75) is 45.1 Å². The summed E-state index contributed by atoms with van der Waals surface area (Å²) in [5.41, 5.74) is 7.43. The second-order valence-electron chi connectivity index (χ2n) is 6.73. The van der Waals surface area contributed by atoms with Crippen LogP contribution in [0.4, 0.5) is 0 Å². The number of nitrogens with two attached hydrogens (primary N) is 1. The van der Waals surface area contributed by atoms with Gasteiger partial charge in [0.25, 0.3) is 0 Å². The Morgan fingerprint density at radius 3 is 2.67 bits per heavy atom. The second kappa shape index (κ2) is 5.98. The van der Waals surface area contributed by atoms with Gasteiger partial charge in [0, 0.05) is 16.5 Å². The minimum absolute atomic E-state index is 0.189. The molecule has 0 saturated carbocycles. The Balaban J connectivity index is 2.47. The van der Waals surface area contributed by atoms with Crippen LogP contribution in [0, 0.1) is 12.8 Å². The largest absolute Gasteiger partial charge is 0.369 e. The smallest absolute Gasteiger partial charge is 0.222 e. The number of primary amides is 1. The molecule has 0 aromatic heterocycles. The highest BCUT2D eigenvalue weighted by atomic mass is 35.5. The molecule has 21 heavy (non-hydrogen) atoms. The van der Waals surface area contributed by atoms with E-state index in [4.69, 9.17) is 17.3 Å². The van der Waals surface area contributed by atoms with E-state index in [1.807, 2.05) is 25.1 Å². The van der Waals surface area contributed by atoms with E-state index in [-0.39, 0.29) is 17.9 Å². The second-order valence-corrected chi connectivity index (χ2v) is 7.11. The van der Waals surface area contributed by atoms with Crippen LogP contribution in [-0.4, -0.2) is 30.4 Å². The van der Waals surface area contributed by atoms with Crippen LogP contribution in [0.15, 0.2) is 18.2 Å². The molecule has 1 aliphatic heterocycles. The Labute approximate surface area is 132 Å². The zero-order chi connectivity index (χ0) is 15.8. The van der Waals surface area contributed by atoms with Crippen molar-refractivity contribution < 1.29 is 4.79 Å². The lowest BCUT2D eigenvalue weighted by atomic mass is 9.69. The summed E-state index contributed by atoms with van der Waals surface area (Å²) in [5.74, 6) is -0.486. The summed E-state index contributed by atoms with van der Waals surface area (Å²) >= 11 is 6.50. The number of carbonyl (C=O) groups is 1. The van der Waals surface area contributed by atoms with E-state index in [0.717, 1.165) is 35.5 Å². The fourth-order valence-electron chi connectivity index (χ4n) is 3.70. The number of halogens is 1. The molecule has 1 saturated heterocycles. The van der Waals surface area contributed by atoms with Crippen molar-refractivity contribution in [3.63, 3.8) is 0 Å². The molecule has 3 nitrogen and oxygen atoms in total. The van der Waals surface area contributed by atoms with Gasteiger partial charge in [-0.25, -0.2) is 0 Å². The number of likely N-dealkylation sites (tertiary alicyclic amines) is 1. The zero-order valence-corrected chi connectivity index (χ0v) is 14.1. The molecule has 2 atom stereocenters. The third-order valence-corrected chi connectivity index (χ3v) is 5.43. The van der Waals surface area contributed by atoms with Gasteiger partial charge in [-0.2, -0.15) is 0 Å². The van der Waals surface area contributed by atoms with Crippen LogP contribution < -0.4 is 5.73 Å².